The van der Waals surface area contributed by atoms with Crippen LogP contribution >= 0.6 is 0 Å². The van der Waals surface area contributed by atoms with E-state index in [0.717, 1.165) is 24.8 Å². The minimum atomic E-state index is -3.53. The molecule has 120 valence electrons. The van der Waals surface area contributed by atoms with Crippen molar-refractivity contribution in [1.29, 1.82) is 0 Å². The number of carbonyl (C=O) groups is 1. The Morgan fingerprint density at radius 2 is 2.00 bits per heavy atom. The molecule has 6 heteroatoms. The van der Waals surface area contributed by atoms with Gasteiger partial charge in [-0.05, 0) is 55.4 Å². The Bertz CT molecular complexity index is 683. The molecule has 1 fully saturated rings. The van der Waals surface area contributed by atoms with Crippen molar-refractivity contribution in [3.05, 3.63) is 29.3 Å². The summed E-state index contributed by atoms with van der Waals surface area (Å²) in [4.78, 5) is 12.0. The van der Waals surface area contributed by atoms with Gasteiger partial charge in [-0.15, -0.1) is 0 Å². The van der Waals surface area contributed by atoms with E-state index in [-0.39, 0.29) is 18.4 Å². The maximum atomic E-state index is 12.8. The summed E-state index contributed by atoms with van der Waals surface area (Å²) >= 11 is 0. The molecule has 1 aromatic carbocycles. The Balaban J connectivity index is 1.84. The Kier molecular flexibility index (Phi) is 4.23. The van der Waals surface area contributed by atoms with Gasteiger partial charge in [0.05, 0.1) is 17.9 Å². The lowest BCUT2D eigenvalue weighted by molar-refractivity contribution is -0.146. The number of methoxy groups -OCH3 is 1. The maximum Gasteiger partial charge on any atom is 0.309 e. The van der Waals surface area contributed by atoms with Crippen LogP contribution in [0.25, 0.3) is 0 Å². The van der Waals surface area contributed by atoms with Gasteiger partial charge in [0, 0.05) is 13.1 Å². The largest absolute Gasteiger partial charge is 0.469 e. The van der Waals surface area contributed by atoms with Gasteiger partial charge in [0.25, 0.3) is 0 Å². The highest BCUT2D eigenvalue weighted by Gasteiger charge is 2.34. The number of aryl methyl sites for hydroxylation is 2. The number of ether oxygens (including phenoxy) is 1. The summed E-state index contributed by atoms with van der Waals surface area (Å²) < 4.78 is 31.8. The number of sulfonamides is 1. The highest BCUT2D eigenvalue weighted by molar-refractivity contribution is 7.89. The van der Waals surface area contributed by atoms with Crippen molar-refractivity contribution in [3.63, 3.8) is 0 Å². The number of esters is 1. The predicted molar refractivity (Wildman–Crippen MR) is 82.0 cm³/mol. The summed E-state index contributed by atoms with van der Waals surface area (Å²) in [5.41, 5.74) is 2.40. The first-order valence-corrected chi connectivity index (χ1v) is 9.16. The number of hydrogen-bond acceptors (Lipinski definition) is 4. The molecule has 0 saturated carbocycles. The van der Waals surface area contributed by atoms with Crippen LogP contribution in [0.3, 0.4) is 0 Å². The summed E-state index contributed by atoms with van der Waals surface area (Å²) in [7, 11) is -2.19. The molecule has 5 nitrogen and oxygen atoms in total. The molecule has 0 amide bonds. The Labute approximate surface area is 131 Å². The third kappa shape index (κ3) is 2.77. The van der Waals surface area contributed by atoms with E-state index in [1.54, 1.807) is 12.1 Å². The van der Waals surface area contributed by atoms with Crippen molar-refractivity contribution >= 4 is 16.0 Å². The van der Waals surface area contributed by atoms with E-state index in [1.807, 2.05) is 6.07 Å². The predicted octanol–water partition coefficient (Wildman–Crippen LogP) is 1.75. The lowest BCUT2D eigenvalue weighted by atomic mass is 10.0. The van der Waals surface area contributed by atoms with Crippen LogP contribution in [-0.4, -0.2) is 38.9 Å². The third-order valence-electron chi connectivity index (χ3n) is 4.63. The molecule has 3 rings (SSSR count). The highest BCUT2D eigenvalue weighted by Crippen LogP contribution is 2.28. The zero-order valence-corrected chi connectivity index (χ0v) is 13.6. The number of hydrogen-bond donors (Lipinski definition) is 0. The van der Waals surface area contributed by atoms with Crippen LogP contribution in [0.4, 0.5) is 0 Å². The van der Waals surface area contributed by atoms with E-state index in [4.69, 9.17) is 4.74 Å². The van der Waals surface area contributed by atoms with Crippen LogP contribution in [-0.2, 0) is 32.4 Å². The average molecular weight is 323 g/mol. The van der Waals surface area contributed by atoms with Crippen molar-refractivity contribution in [3.8, 4) is 0 Å². The molecule has 2 aliphatic rings. The fourth-order valence-corrected chi connectivity index (χ4v) is 4.95. The number of carbonyl (C=O) groups excluding carboxylic acids is 1. The smallest absolute Gasteiger partial charge is 0.309 e. The van der Waals surface area contributed by atoms with Crippen LogP contribution < -0.4 is 0 Å². The summed E-state index contributed by atoms with van der Waals surface area (Å²) in [5, 5.41) is 0. The van der Waals surface area contributed by atoms with Crippen molar-refractivity contribution < 1.29 is 17.9 Å². The zero-order chi connectivity index (χ0) is 15.7. The normalized spacial score (nSPS) is 22.3. The number of benzene rings is 1. The van der Waals surface area contributed by atoms with E-state index in [1.165, 1.54) is 17.0 Å². The molecule has 0 unspecified atom stereocenters. The molecule has 1 heterocycles. The lowest BCUT2D eigenvalue weighted by Gasteiger charge is -2.30. The molecule has 1 aliphatic heterocycles. The van der Waals surface area contributed by atoms with E-state index in [2.05, 4.69) is 0 Å². The Morgan fingerprint density at radius 1 is 1.23 bits per heavy atom. The van der Waals surface area contributed by atoms with Crippen LogP contribution in [0.2, 0.25) is 0 Å². The third-order valence-corrected chi connectivity index (χ3v) is 6.49. The first-order chi connectivity index (χ1) is 10.5. The first kappa shape index (κ1) is 15.5. The molecule has 22 heavy (non-hydrogen) atoms. The van der Waals surface area contributed by atoms with E-state index >= 15 is 0 Å². The number of rotatable bonds is 3. The van der Waals surface area contributed by atoms with Gasteiger partial charge in [0.15, 0.2) is 0 Å². The van der Waals surface area contributed by atoms with Gasteiger partial charge in [0.2, 0.25) is 10.0 Å². The van der Waals surface area contributed by atoms with Crippen molar-refractivity contribution in [2.75, 3.05) is 20.2 Å². The number of piperidine rings is 1. The minimum Gasteiger partial charge on any atom is -0.469 e. The SMILES string of the molecule is COC(=O)[C@@H]1CCCN(S(=O)(=O)c2ccc3c(c2)CCC3)C1. The van der Waals surface area contributed by atoms with Gasteiger partial charge in [-0.1, -0.05) is 6.07 Å². The molecule has 0 bridgehead atoms. The average Bonchev–Trinajstić information content (AvgIpc) is 3.01. The van der Waals surface area contributed by atoms with Crippen LogP contribution in [0.1, 0.15) is 30.4 Å². The van der Waals surface area contributed by atoms with Gasteiger partial charge in [-0.2, -0.15) is 4.31 Å². The summed E-state index contributed by atoms with van der Waals surface area (Å²) in [6.45, 7) is 0.680. The summed E-state index contributed by atoms with van der Waals surface area (Å²) in [5.74, 6) is -0.684. The summed E-state index contributed by atoms with van der Waals surface area (Å²) in [6, 6.07) is 5.43. The molecule has 0 radical (unpaired) electrons. The summed E-state index contributed by atoms with van der Waals surface area (Å²) in [6.07, 6.45) is 4.44. The first-order valence-electron chi connectivity index (χ1n) is 7.72. The van der Waals surface area contributed by atoms with Gasteiger partial charge < -0.3 is 4.74 Å². The van der Waals surface area contributed by atoms with Gasteiger partial charge in [-0.3, -0.25) is 4.79 Å². The fourth-order valence-electron chi connectivity index (χ4n) is 3.38. The quantitative estimate of drug-likeness (QED) is 0.795. The second kappa shape index (κ2) is 6.01. The van der Waals surface area contributed by atoms with Gasteiger partial charge in [-0.25, -0.2) is 8.42 Å². The lowest BCUT2D eigenvalue weighted by Crippen LogP contribution is -2.42. The van der Waals surface area contributed by atoms with Crippen LogP contribution in [0, 0.1) is 5.92 Å². The number of nitrogens with zero attached hydrogens (tertiary/aromatic N) is 1. The van der Waals surface area contributed by atoms with Crippen molar-refractivity contribution in [2.24, 2.45) is 5.92 Å². The second-order valence-corrected chi connectivity index (χ2v) is 7.95. The van der Waals surface area contributed by atoms with Crippen molar-refractivity contribution in [1.82, 2.24) is 4.31 Å². The second-order valence-electron chi connectivity index (χ2n) is 6.01. The monoisotopic (exact) mass is 323 g/mol. The van der Waals surface area contributed by atoms with Gasteiger partial charge in [0.1, 0.15) is 0 Å². The molecule has 0 N–H and O–H groups in total. The van der Waals surface area contributed by atoms with E-state index in [0.29, 0.717) is 24.3 Å². The van der Waals surface area contributed by atoms with Gasteiger partial charge >= 0.3 is 5.97 Å². The molecule has 0 aromatic heterocycles. The standard InChI is InChI=1S/C16H21NO4S/c1-21-16(18)14-6-3-9-17(11-14)22(19,20)15-8-7-12-4-2-5-13(12)10-15/h7-8,10,14H,2-6,9,11H2,1H3/t14-/m1/s1. The van der Waals surface area contributed by atoms with E-state index in [9.17, 15) is 13.2 Å². The topological polar surface area (TPSA) is 63.7 Å². The van der Waals surface area contributed by atoms with Crippen LogP contribution in [0.15, 0.2) is 23.1 Å². The van der Waals surface area contributed by atoms with Crippen molar-refractivity contribution in [2.45, 2.75) is 37.0 Å². The maximum absolute atomic E-state index is 12.8. The van der Waals surface area contributed by atoms with E-state index < -0.39 is 10.0 Å². The highest BCUT2D eigenvalue weighted by atomic mass is 32.2. The molecule has 1 saturated heterocycles. The fraction of sp³-hybridized carbons (Fsp3) is 0.562. The Hall–Kier alpha value is -1.40. The van der Waals surface area contributed by atoms with Crippen LogP contribution in [0.5, 0.6) is 0 Å². The molecule has 0 spiro atoms. The molecular formula is C16H21NO4S. The molecular weight excluding hydrogens is 302 g/mol. The Morgan fingerprint density at radius 3 is 2.77 bits per heavy atom. The number of fused-ring (bicyclic) bond motifs is 1. The molecule has 1 atom stereocenters. The molecule has 1 aliphatic carbocycles. The zero-order valence-electron chi connectivity index (χ0n) is 12.7. The molecule has 1 aromatic rings. The minimum absolute atomic E-state index is 0.214.